The van der Waals surface area contributed by atoms with Crippen molar-refractivity contribution in [2.75, 3.05) is 0 Å². The Bertz CT molecular complexity index is 1510. The largest absolute Gasteiger partial charge is 0.455 e. The van der Waals surface area contributed by atoms with Crippen molar-refractivity contribution in [2.45, 2.75) is 20.8 Å². The highest BCUT2D eigenvalue weighted by Gasteiger charge is 2.20. The smallest absolute Gasteiger partial charge is 0.212 e. The highest BCUT2D eigenvalue weighted by molar-refractivity contribution is 6.12. The van der Waals surface area contributed by atoms with E-state index in [0.717, 1.165) is 49.8 Å². The minimum atomic E-state index is 0.0942. The molecule has 2 heteroatoms. The minimum Gasteiger partial charge on any atom is -0.455 e. The van der Waals surface area contributed by atoms with Crippen molar-refractivity contribution in [3.8, 4) is 22.4 Å². The van der Waals surface area contributed by atoms with Crippen LogP contribution in [0.2, 0.25) is 0 Å². The summed E-state index contributed by atoms with van der Waals surface area (Å²) in [5.41, 5.74) is 8.08. The van der Waals surface area contributed by atoms with Crippen LogP contribution < -0.4 is 4.57 Å². The molecular weight excluding hydrogens is 354 g/mol. The zero-order valence-electron chi connectivity index (χ0n) is 20.1. The lowest BCUT2D eigenvalue weighted by atomic mass is 9.95. The highest BCUT2D eigenvalue weighted by Crippen LogP contribution is 2.40. The SMILES string of the molecule is [2H]c1c(C)c([2H])c(-c2ccc3oc4c(-c5ccccc5)c(C)ccc4c3c2C)[n+](C)c1[2H]. The third kappa shape index (κ3) is 2.75. The first-order valence-corrected chi connectivity index (χ1v) is 9.78. The van der Waals surface area contributed by atoms with Gasteiger partial charge in [0, 0.05) is 34.0 Å². The summed E-state index contributed by atoms with van der Waals surface area (Å²) < 4.78 is 33.2. The van der Waals surface area contributed by atoms with E-state index in [0.29, 0.717) is 11.3 Å². The molecule has 142 valence electrons. The van der Waals surface area contributed by atoms with E-state index in [1.807, 2.05) is 37.3 Å². The third-order valence-corrected chi connectivity index (χ3v) is 5.64. The summed E-state index contributed by atoms with van der Waals surface area (Å²) in [6.07, 6.45) is 0.104. The van der Waals surface area contributed by atoms with Crippen LogP contribution in [0.4, 0.5) is 0 Å². The second kappa shape index (κ2) is 6.59. The zero-order valence-corrected chi connectivity index (χ0v) is 17.1. The number of hydrogen-bond donors (Lipinski definition) is 0. The van der Waals surface area contributed by atoms with Crippen molar-refractivity contribution < 1.29 is 13.1 Å². The van der Waals surface area contributed by atoms with Gasteiger partial charge >= 0.3 is 0 Å². The molecule has 5 aromatic rings. The normalized spacial score (nSPS) is 12.9. The molecular formula is C27H24NO+. The standard InChI is InChI=1S/C27H24NO/c1-17-14-15-28(4)23(16-17)21-12-13-24-26(19(21)3)22-11-10-18(2)25(27(22)29-24)20-8-6-5-7-9-20/h5-16H,1-4H3/q+1/i14D,15D,16D. The van der Waals surface area contributed by atoms with Gasteiger partial charge in [0.2, 0.25) is 5.69 Å². The Labute approximate surface area is 175 Å². The van der Waals surface area contributed by atoms with Crippen molar-refractivity contribution in [3.05, 3.63) is 89.5 Å². The summed E-state index contributed by atoms with van der Waals surface area (Å²) in [5.74, 6) is 0. The predicted octanol–water partition coefficient (Wildman–Crippen LogP) is 6.67. The maximum absolute atomic E-state index is 8.67. The molecule has 0 aliphatic heterocycles. The van der Waals surface area contributed by atoms with Crippen LogP contribution in [-0.2, 0) is 7.05 Å². The number of aryl methyl sites for hydroxylation is 2. The Morgan fingerprint density at radius 2 is 1.72 bits per heavy atom. The van der Waals surface area contributed by atoms with Gasteiger partial charge < -0.3 is 4.42 Å². The Hall–Kier alpha value is -3.39. The number of hydrogen-bond acceptors (Lipinski definition) is 1. The van der Waals surface area contributed by atoms with Gasteiger partial charge in [0.1, 0.15) is 19.6 Å². The van der Waals surface area contributed by atoms with Gasteiger partial charge in [0.25, 0.3) is 0 Å². The van der Waals surface area contributed by atoms with Gasteiger partial charge in [-0.2, -0.15) is 0 Å². The Morgan fingerprint density at radius 1 is 0.931 bits per heavy atom. The van der Waals surface area contributed by atoms with Crippen LogP contribution in [0.5, 0.6) is 0 Å². The molecule has 0 amide bonds. The van der Waals surface area contributed by atoms with Gasteiger partial charge in [-0.15, -0.1) is 0 Å². The van der Waals surface area contributed by atoms with Gasteiger partial charge in [-0.1, -0.05) is 42.5 Å². The summed E-state index contributed by atoms with van der Waals surface area (Å²) in [7, 11) is 1.75. The number of benzene rings is 3. The van der Waals surface area contributed by atoms with Crippen molar-refractivity contribution in [3.63, 3.8) is 0 Å². The summed E-state index contributed by atoms with van der Waals surface area (Å²) in [6.45, 7) is 5.88. The van der Waals surface area contributed by atoms with Crippen LogP contribution in [0.1, 0.15) is 20.8 Å². The molecule has 29 heavy (non-hydrogen) atoms. The lowest BCUT2D eigenvalue weighted by Crippen LogP contribution is -2.30. The van der Waals surface area contributed by atoms with E-state index in [2.05, 4.69) is 31.2 Å². The second-order valence-electron chi connectivity index (χ2n) is 7.61. The molecule has 0 atom stereocenters. The van der Waals surface area contributed by atoms with E-state index in [1.54, 1.807) is 18.5 Å². The number of furan rings is 1. The zero-order chi connectivity index (χ0) is 22.7. The fraction of sp³-hybridized carbons (Fsp3) is 0.148. The maximum Gasteiger partial charge on any atom is 0.212 e. The maximum atomic E-state index is 8.67. The lowest BCUT2D eigenvalue weighted by Gasteiger charge is -2.08. The Morgan fingerprint density at radius 3 is 2.52 bits per heavy atom. The molecule has 0 saturated carbocycles. The van der Waals surface area contributed by atoms with E-state index in [1.165, 1.54) is 0 Å². The summed E-state index contributed by atoms with van der Waals surface area (Å²) >= 11 is 0. The van der Waals surface area contributed by atoms with E-state index in [9.17, 15) is 0 Å². The van der Waals surface area contributed by atoms with Crippen LogP contribution in [-0.4, -0.2) is 0 Å². The van der Waals surface area contributed by atoms with Crippen molar-refractivity contribution in [2.24, 2.45) is 7.05 Å². The molecule has 0 radical (unpaired) electrons. The first kappa shape index (κ1) is 14.6. The summed E-state index contributed by atoms with van der Waals surface area (Å²) in [5, 5.41) is 2.06. The molecule has 0 fully saturated rings. The van der Waals surface area contributed by atoms with E-state index >= 15 is 0 Å². The quantitative estimate of drug-likeness (QED) is 0.312. The molecule has 5 rings (SSSR count). The third-order valence-electron chi connectivity index (χ3n) is 5.64. The molecule has 0 unspecified atom stereocenters. The number of pyridine rings is 1. The highest BCUT2D eigenvalue weighted by atomic mass is 16.3. The van der Waals surface area contributed by atoms with Gasteiger partial charge in [0.05, 0.1) is 2.74 Å². The first-order chi connectivity index (χ1) is 15.3. The Kier molecular flexibility index (Phi) is 3.32. The molecule has 0 saturated heterocycles. The number of aromatic nitrogens is 1. The van der Waals surface area contributed by atoms with Crippen molar-refractivity contribution in [1.29, 1.82) is 0 Å². The van der Waals surface area contributed by atoms with E-state index in [4.69, 9.17) is 8.53 Å². The average molecular weight is 382 g/mol. The molecule has 2 heterocycles. The van der Waals surface area contributed by atoms with Gasteiger partial charge in [0.15, 0.2) is 6.17 Å². The molecule has 0 N–H and O–H groups in total. The first-order valence-electron chi connectivity index (χ1n) is 11.3. The minimum absolute atomic E-state index is 0.0942. The Balaban J connectivity index is 1.86. The molecule has 3 aromatic carbocycles. The van der Waals surface area contributed by atoms with Crippen molar-refractivity contribution >= 4 is 21.9 Å². The van der Waals surface area contributed by atoms with Crippen molar-refractivity contribution in [1.82, 2.24) is 0 Å². The molecule has 2 nitrogen and oxygen atoms in total. The van der Waals surface area contributed by atoms with E-state index in [-0.39, 0.29) is 18.3 Å². The van der Waals surface area contributed by atoms with Gasteiger partial charge in [-0.25, -0.2) is 4.57 Å². The monoisotopic (exact) mass is 381 g/mol. The average Bonchev–Trinajstić information content (AvgIpc) is 3.17. The topological polar surface area (TPSA) is 17.0 Å². The van der Waals surface area contributed by atoms with Crippen LogP contribution in [0.3, 0.4) is 0 Å². The van der Waals surface area contributed by atoms with Gasteiger partial charge in [-0.05, 0) is 55.2 Å². The van der Waals surface area contributed by atoms with E-state index < -0.39 is 0 Å². The lowest BCUT2D eigenvalue weighted by molar-refractivity contribution is -0.660. The second-order valence-corrected chi connectivity index (χ2v) is 7.61. The fourth-order valence-corrected chi connectivity index (χ4v) is 4.18. The van der Waals surface area contributed by atoms with Crippen LogP contribution >= 0.6 is 0 Å². The fourth-order valence-electron chi connectivity index (χ4n) is 4.18. The van der Waals surface area contributed by atoms with Crippen LogP contribution in [0.25, 0.3) is 44.3 Å². The van der Waals surface area contributed by atoms with Crippen LogP contribution in [0, 0.1) is 20.8 Å². The summed E-state index contributed by atoms with van der Waals surface area (Å²) in [4.78, 5) is 0. The molecule has 2 aromatic heterocycles. The molecule has 0 aliphatic carbocycles. The summed E-state index contributed by atoms with van der Waals surface area (Å²) in [6, 6.07) is 18.8. The number of fused-ring (bicyclic) bond motifs is 3. The molecule has 0 aliphatic rings. The predicted molar refractivity (Wildman–Crippen MR) is 120 cm³/mol. The van der Waals surface area contributed by atoms with Crippen LogP contribution in [0.15, 0.2) is 77.3 Å². The molecule has 0 spiro atoms. The number of rotatable bonds is 2. The van der Waals surface area contributed by atoms with Gasteiger partial charge in [-0.3, -0.25) is 0 Å². The number of nitrogens with zero attached hydrogens (tertiary/aromatic N) is 1. The molecule has 0 bridgehead atoms.